The van der Waals surface area contributed by atoms with Gasteiger partial charge in [-0.2, -0.15) is 0 Å². The number of carbonyl (C=O) groups excluding carboxylic acids is 1. The first-order valence-corrected chi connectivity index (χ1v) is 8.13. The lowest BCUT2D eigenvalue weighted by molar-refractivity contribution is 0.250. The van der Waals surface area contributed by atoms with Gasteiger partial charge in [0.1, 0.15) is 29.0 Å². The van der Waals surface area contributed by atoms with E-state index in [0.29, 0.717) is 11.4 Å². The van der Waals surface area contributed by atoms with E-state index in [9.17, 15) is 18.4 Å². The molecule has 0 unspecified atom stereocenters. The molecule has 0 bridgehead atoms. The van der Waals surface area contributed by atoms with Crippen LogP contribution in [0.15, 0.2) is 47.5 Å². The van der Waals surface area contributed by atoms with E-state index in [1.165, 1.54) is 35.2 Å². The van der Waals surface area contributed by atoms with Crippen molar-refractivity contribution in [1.82, 2.24) is 9.13 Å². The Morgan fingerprint density at radius 2 is 2.00 bits per heavy atom. The maximum absolute atomic E-state index is 13.7. The number of hydrogen-bond acceptors (Lipinski definition) is 3. The predicted octanol–water partition coefficient (Wildman–Crippen LogP) is 3.38. The number of aryl methyl sites for hydroxylation is 1. The van der Waals surface area contributed by atoms with Gasteiger partial charge in [-0.05, 0) is 25.1 Å². The summed E-state index contributed by atoms with van der Waals surface area (Å²) in [4.78, 5) is 23.8. The van der Waals surface area contributed by atoms with Gasteiger partial charge in [0.2, 0.25) is 0 Å². The number of nitrogens with two attached hydrogens (primary N) is 1. The smallest absolute Gasteiger partial charge is 0.322 e. The minimum atomic E-state index is -0.760. The Hall–Kier alpha value is -3.13. The summed E-state index contributed by atoms with van der Waals surface area (Å²) in [6.07, 6.45) is 2.81. The summed E-state index contributed by atoms with van der Waals surface area (Å²) < 4.78 is 34.5. The maximum atomic E-state index is 13.7. The molecule has 0 aliphatic heterocycles. The summed E-state index contributed by atoms with van der Waals surface area (Å²) in [7, 11) is 0. The normalized spacial score (nSPS) is 10.8. The quantitative estimate of drug-likeness (QED) is 0.738. The standard InChI is InChI=1S/C18H14ClF2N3O3/c1-10-6-15(27-9-11-2-3-12(20)7-14(11)21)16(19)17(25)24(10)13-4-5-23(8-13)18(22)26/h2-8H,9H2,1H3,(H2,22,26). The van der Waals surface area contributed by atoms with Crippen LogP contribution >= 0.6 is 11.6 Å². The number of benzene rings is 1. The fraction of sp³-hybridized carbons (Fsp3) is 0.111. The Bertz CT molecular complexity index is 1090. The molecular formula is C18H14ClF2N3O3. The average Bonchev–Trinajstić information content (AvgIpc) is 3.08. The van der Waals surface area contributed by atoms with E-state index in [2.05, 4.69) is 0 Å². The first-order valence-electron chi connectivity index (χ1n) is 7.75. The number of primary amides is 1. The summed E-state index contributed by atoms with van der Waals surface area (Å²) >= 11 is 6.11. The van der Waals surface area contributed by atoms with Crippen LogP contribution in [0.2, 0.25) is 5.02 Å². The highest BCUT2D eigenvalue weighted by molar-refractivity contribution is 6.31. The number of pyridine rings is 1. The largest absolute Gasteiger partial charge is 0.487 e. The van der Waals surface area contributed by atoms with Crippen molar-refractivity contribution < 1.29 is 18.3 Å². The number of ether oxygens (including phenoxy) is 1. The predicted molar refractivity (Wildman–Crippen MR) is 95.4 cm³/mol. The molecule has 0 fully saturated rings. The van der Waals surface area contributed by atoms with Gasteiger partial charge in [-0.1, -0.05) is 11.6 Å². The van der Waals surface area contributed by atoms with Crippen molar-refractivity contribution in [1.29, 1.82) is 0 Å². The minimum Gasteiger partial charge on any atom is -0.487 e. The summed E-state index contributed by atoms with van der Waals surface area (Å²) in [5.41, 5.74) is 5.60. The highest BCUT2D eigenvalue weighted by atomic mass is 35.5. The Kier molecular flexibility index (Phi) is 5.00. The maximum Gasteiger partial charge on any atom is 0.322 e. The highest BCUT2D eigenvalue weighted by Crippen LogP contribution is 2.25. The average molecular weight is 394 g/mol. The third-order valence-electron chi connectivity index (χ3n) is 3.89. The van der Waals surface area contributed by atoms with Gasteiger partial charge in [0.25, 0.3) is 5.56 Å². The summed E-state index contributed by atoms with van der Waals surface area (Å²) in [5, 5.41) is -0.213. The lowest BCUT2D eigenvalue weighted by Gasteiger charge is -2.13. The molecule has 0 radical (unpaired) electrons. The topological polar surface area (TPSA) is 79.2 Å². The van der Waals surface area contributed by atoms with E-state index in [4.69, 9.17) is 22.1 Å². The highest BCUT2D eigenvalue weighted by Gasteiger charge is 2.16. The molecule has 0 aliphatic rings. The van der Waals surface area contributed by atoms with E-state index < -0.39 is 23.2 Å². The molecule has 0 spiro atoms. The van der Waals surface area contributed by atoms with Crippen LogP contribution in [0.5, 0.6) is 5.75 Å². The second-order valence-electron chi connectivity index (χ2n) is 5.74. The molecule has 0 saturated carbocycles. The van der Waals surface area contributed by atoms with Crippen LogP contribution in [-0.2, 0) is 6.61 Å². The van der Waals surface area contributed by atoms with Gasteiger partial charge in [-0.3, -0.25) is 13.9 Å². The molecule has 6 nitrogen and oxygen atoms in total. The van der Waals surface area contributed by atoms with E-state index in [0.717, 1.165) is 16.7 Å². The lowest BCUT2D eigenvalue weighted by Crippen LogP contribution is -2.22. The molecule has 2 heterocycles. The number of rotatable bonds is 4. The molecule has 2 aromatic heterocycles. The van der Waals surface area contributed by atoms with Gasteiger partial charge in [0.05, 0.1) is 5.69 Å². The van der Waals surface area contributed by atoms with Crippen LogP contribution in [0.3, 0.4) is 0 Å². The monoisotopic (exact) mass is 393 g/mol. The van der Waals surface area contributed by atoms with Crippen LogP contribution in [-0.4, -0.2) is 15.2 Å². The van der Waals surface area contributed by atoms with Crippen molar-refractivity contribution in [3.05, 3.63) is 81.0 Å². The summed E-state index contributed by atoms with van der Waals surface area (Å²) in [6.45, 7) is 1.41. The Balaban J connectivity index is 1.92. The number of hydrogen-bond donors (Lipinski definition) is 1. The number of nitrogens with zero attached hydrogens (tertiary/aromatic N) is 2. The molecule has 2 N–H and O–H groups in total. The molecule has 0 saturated heterocycles. The van der Waals surface area contributed by atoms with Crippen LogP contribution in [0.4, 0.5) is 13.6 Å². The van der Waals surface area contributed by atoms with Gasteiger partial charge in [0.15, 0.2) is 0 Å². The van der Waals surface area contributed by atoms with Crippen molar-refractivity contribution >= 4 is 17.6 Å². The Morgan fingerprint density at radius 3 is 2.63 bits per heavy atom. The van der Waals surface area contributed by atoms with E-state index >= 15 is 0 Å². The van der Waals surface area contributed by atoms with Crippen molar-refractivity contribution in [2.45, 2.75) is 13.5 Å². The molecular weight excluding hydrogens is 380 g/mol. The molecule has 9 heteroatoms. The summed E-state index contributed by atoms with van der Waals surface area (Å²) in [6, 6.07) is 5.44. The Labute approximate surface area is 157 Å². The van der Waals surface area contributed by atoms with Crippen LogP contribution in [0, 0.1) is 18.6 Å². The first kappa shape index (κ1) is 18.7. The SMILES string of the molecule is Cc1cc(OCc2ccc(F)cc2F)c(Cl)c(=O)n1-c1ccn(C(N)=O)c1. The van der Waals surface area contributed by atoms with Gasteiger partial charge >= 0.3 is 6.03 Å². The number of aromatic nitrogens is 2. The van der Waals surface area contributed by atoms with Gasteiger partial charge in [-0.25, -0.2) is 13.6 Å². The van der Waals surface area contributed by atoms with E-state index in [1.807, 2.05) is 0 Å². The lowest BCUT2D eigenvalue weighted by atomic mass is 10.2. The number of halogens is 3. The van der Waals surface area contributed by atoms with Crippen molar-refractivity contribution in [3.8, 4) is 11.4 Å². The van der Waals surface area contributed by atoms with E-state index in [-0.39, 0.29) is 22.9 Å². The second kappa shape index (κ2) is 7.24. The van der Waals surface area contributed by atoms with Crippen LogP contribution in [0.1, 0.15) is 11.3 Å². The molecule has 140 valence electrons. The molecule has 3 rings (SSSR count). The Morgan fingerprint density at radius 1 is 1.26 bits per heavy atom. The van der Waals surface area contributed by atoms with Crippen molar-refractivity contribution in [2.75, 3.05) is 0 Å². The van der Waals surface area contributed by atoms with Gasteiger partial charge < -0.3 is 10.5 Å². The summed E-state index contributed by atoms with van der Waals surface area (Å²) in [5.74, 6) is -1.40. The molecule has 1 aromatic carbocycles. The minimum absolute atomic E-state index is 0.0634. The first-order chi connectivity index (χ1) is 12.8. The number of amides is 1. The number of carbonyl (C=O) groups is 1. The van der Waals surface area contributed by atoms with Crippen molar-refractivity contribution in [3.63, 3.8) is 0 Å². The molecule has 3 aromatic rings. The molecule has 0 atom stereocenters. The molecule has 27 heavy (non-hydrogen) atoms. The third kappa shape index (κ3) is 3.70. The second-order valence-corrected chi connectivity index (χ2v) is 6.12. The van der Waals surface area contributed by atoms with Gasteiger partial charge in [-0.15, -0.1) is 0 Å². The van der Waals surface area contributed by atoms with Crippen molar-refractivity contribution in [2.24, 2.45) is 5.73 Å². The van der Waals surface area contributed by atoms with E-state index in [1.54, 1.807) is 6.92 Å². The third-order valence-corrected chi connectivity index (χ3v) is 4.24. The fourth-order valence-corrected chi connectivity index (χ4v) is 2.75. The zero-order valence-corrected chi connectivity index (χ0v) is 14.8. The van der Waals surface area contributed by atoms with Crippen LogP contribution in [0.25, 0.3) is 5.69 Å². The fourth-order valence-electron chi connectivity index (χ4n) is 2.56. The zero-order valence-electron chi connectivity index (χ0n) is 14.1. The molecule has 0 aliphatic carbocycles. The zero-order chi connectivity index (χ0) is 19.7. The van der Waals surface area contributed by atoms with Gasteiger partial charge in [0, 0.05) is 35.8 Å². The molecule has 1 amide bonds. The van der Waals surface area contributed by atoms with Crippen LogP contribution < -0.4 is 16.0 Å².